The van der Waals surface area contributed by atoms with Crippen LogP contribution in [-0.2, 0) is 13.1 Å². The summed E-state index contributed by atoms with van der Waals surface area (Å²) in [7, 11) is 0. The Morgan fingerprint density at radius 3 is 2.28 bits per heavy atom. The Balaban J connectivity index is 1.29. The summed E-state index contributed by atoms with van der Waals surface area (Å²) >= 11 is 0. The Morgan fingerprint density at radius 2 is 1.64 bits per heavy atom. The van der Waals surface area contributed by atoms with Gasteiger partial charge in [-0.3, -0.25) is 9.80 Å². The summed E-state index contributed by atoms with van der Waals surface area (Å²) in [6.07, 6.45) is 1.84. The van der Waals surface area contributed by atoms with Gasteiger partial charge in [-0.25, -0.2) is 4.98 Å². The highest BCUT2D eigenvalue weighted by Crippen LogP contribution is 2.20. The Labute approximate surface area is 147 Å². The second-order valence-electron chi connectivity index (χ2n) is 6.48. The minimum absolute atomic E-state index is 0.690. The topological polar surface area (TPSA) is 58.5 Å². The predicted molar refractivity (Wildman–Crippen MR) is 93.7 cm³/mol. The first-order chi connectivity index (χ1) is 12.3. The van der Waals surface area contributed by atoms with Crippen molar-refractivity contribution >= 4 is 0 Å². The third kappa shape index (κ3) is 3.97. The monoisotopic (exact) mass is 338 g/mol. The van der Waals surface area contributed by atoms with Crippen molar-refractivity contribution in [2.24, 2.45) is 0 Å². The highest BCUT2D eigenvalue weighted by molar-refractivity contribution is 5.52. The normalized spacial score (nSPS) is 16.4. The van der Waals surface area contributed by atoms with Crippen LogP contribution in [0.3, 0.4) is 0 Å². The Morgan fingerprint density at radius 1 is 0.960 bits per heavy atom. The number of nitrogens with zero attached hydrogens (tertiary/aromatic N) is 4. The fraction of sp³-hybridized carbons (Fsp3) is 0.368. The molecule has 1 aromatic carbocycles. The minimum Gasteiger partial charge on any atom is -0.440 e. The van der Waals surface area contributed by atoms with Gasteiger partial charge >= 0.3 is 0 Å². The van der Waals surface area contributed by atoms with Crippen LogP contribution in [0.1, 0.15) is 17.2 Å². The number of rotatable bonds is 5. The highest BCUT2D eigenvalue weighted by atomic mass is 16.5. The number of piperazine rings is 1. The van der Waals surface area contributed by atoms with E-state index in [9.17, 15) is 0 Å². The van der Waals surface area contributed by atoms with E-state index in [1.807, 2.05) is 49.5 Å². The Bertz CT molecular complexity index is 804. The van der Waals surface area contributed by atoms with Gasteiger partial charge in [-0.05, 0) is 19.1 Å². The lowest BCUT2D eigenvalue weighted by Gasteiger charge is -2.33. The molecule has 1 aliphatic heterocycles. The van der Waals surface area contributed by atoms with Crippen molar-refractivity contribution in [2.45, 2.75) is 20.0 Å². The molecule has 25 heavy (non-hydrogen) atoms. The molecule has 0 unspecified atom stereocenters. The molecular formula is C19H22N4O2. The summed E-state index contributed by atoms with van der Waals surface area (Å²) in [5, 5.41) is 3.95. The van der Waals surface area contributed by atoms with Gasteiger partial charge in [0.05, 0.1) is 25.0 Å². The van der Waals surface area contributed by atoms with E-state index >= 15 is 0 Å². The summed E-state index contributed by atoms with van der Waals surface area (Å²) in [6.45, 7) is 7.62. The molecule has 0 radical (unpaired) electrons. The smallest absolute Gasteiger partial charge is 0.226 e. The molecule has 0 bridgehead atoms. The van der Waals surface area contributed by atoms with Gasteiger partial charge in [-0.2, -0.15) is 0 Å². The third-order valence-corrected chi connectivity index (χ3v) is 4.47. The number of aromatic nitrogens is 2. The zero-order valence-corrected chi connectivity index (χ0v) is 14.4. The van der Waals surface area contributed by atoms with Gasteiger partial charge in [0.1, 0.15) is 5.76 Å². The van der Waals surface area contributed by atoms with Crippen molar-refractivity contribution in [1.82, 2.24) is 19.9 Å². The van der Waals surface area contributed by atoms with E-state index in [1.54, 1.807) is 0 Å². The summed E-state index contributed by atoms with van der Waals surface area (Å²) < 4.78 is 11.2. The van der Waals surface area contributed by atoms with E-state index in [4.69, 9.17) is 8.94 Å². The number of hydrogen-bond acceptors (Lipinski definition) is 6. The van der Waals surface area contributed by atoms with Crippen LogP contribution in [0.4, 0.5) is 0 Å². The van der Waals surface area contributed by atoms with Crippen molar-refractivity contribution in [3.05, 3.63) is 59.8 Å². The number of hydrogen-bond donors (Lipinski definition) is 0. The molecule has 1 fully saturated rings. The maximum atomic E-state index is 5.91. The molecule has 0 saturated carbocycles. The van der Waals surface area contributed by atoms with Gasteiger partial charge in [0.25, 0.3) is 0 Å². The van der Waals surface area contributed by atoms with Gasteiger partial charge in [0.15, 0.2) is 5.76 Å². The van der Waals surface area contributed by atoms with E-state index in [0.717, 1.165) is 62.0 Å². The molecular weight excluding hydrogens is 316 g/mol. The van der Waals surface area contributed by atoms with Crippen LogP contribution in [0.5, 0.6) is 0 Å². The van der Waals surface area contributed by atoms with Crippen molar-refractivity contribution < 1.29 is 8.94 Å². The molecule has 2 aromatic heterocycles. The van der Waals surface area contributed by atoms with Crippen molar-refractivity contribution in [3.63, 3.8) is 0 Å². The molecule has 4 rings (SSSR count). The van der Waals surface area contributed by atoms with Gasteiger partial charge in [-0.1, -0.05) is 23.4 Å². The summed E-state index contributed by atoms with van der Waals surface area (Å²) in [5.74, 6) is 2.54. The largest absolute Gasteiger partial charge is 0.440 e. The van der Waals surface area contributed by atoms with Crippen molar-refractivity contribution in [1.29, 1.82) is 0 Å². The molecule has 6 heteroatoms. The van der Waals surface area contributed by atoms with Crippen LogP contribution >= 0.6 is 0 Å². The molecule has 0 aliphatic carbocycles. The van der Waals surface area contributed by atoms with Crippen molar-refractivity contribution in [3.8, 4) is 11.5 Å². The SMILES string of the molecule is Cc1cc(CN2CCN(Cc3cnc(-c4ccccc4)o3)CC2)on1. The van der Waals surface area contributed by atoms with Crippen LogP contribution in [0, 0.1) is 6.92 Å². The quantitative estimate of drug-likeness (QED) is 0.713. The summed E-state index contributed by atoms with van der Waals surface area (Å²) in [4.78, 5) is 9.20. The molecule has 1 saturated heterocycles. The summed E-state index contributed by atoms with van der Waals surface area (Å²) in [5.41, 5.74) is 1.95. The standard InChI is InChI=1S/C19H22N4O2/c1-15-11-17(25-21-15)13-22-7-9-23(10-8-22)14-18-12-20-19(24-18)16-5-3-2-4-6-16/h2-6,11-12H,7-10,13-14H2,1H3. The molecule has 130 valence electrons. The van der Waals surface area contributed by atoms with E-state index in [-0.39, 0.29) is 0 Å². The highest BCUT2D eigenvalue weighted by Gasteiger charge is 2.19. The first kappa shape index (κ1) is 16.1. The first-order valence-corrected chi connectivity index (χ1v) is 8.63. The molecule has 0 atom stereocenters. The van der Waals surface area contributed by atoms with Gasteiger partial charge in [-0.15, -0.1) is 0 Å². The summed E-state index contributed by atoms with van der Waals surface area (Å²) in [6, 6.07) is 12.0. The lowest BCUT2D eigenvalue weighted by atomic mass is 10.2. The van der Waals surface area contributed by atoms with Gasteiger partial charge in [0.2, 0.25) is 5.89 Å². The minimum atomic E-state index is 0.690. The fourth-order valence-electron chi connectivity index (χ4n) is 3.13. The second kappa shape index (κ2) is 7.21. The lowest BCUT2D eigenvalue weighted by Crippen LogP contribution is -2.45. The van der Waals surface area contributed by atoms with Gasteiger partial charge < -0.3 is 8.94 Å². The van der Waals surface area contributed by atoms with Crippen molar-refractivity contribution in [2.75, 3.05) is 26.2 Å². The van der Waals surface area contributed by atoms with Gasteiger partial charge in [0, 0.05) is 37.8 Å². The molecule has 6 nitrogen and oxygen atoms in total. The molecule has 1 aliphatic rings. The van der Waals surface area contributed by atoms with Crippen LogP contribution in [0.2, 0.25) is 0 Å². The predicted octanol–water partition coefficient (Wildman–Crippen LogP) is 2.96. The lowest BCUT2D eigenvalue weighted by molar-refractivity contribution is 0.108. The Kier molecular flexibility index (Phi) is 4.63. The molecule has 3 heterocycles. The molecule has 0 N–H and O–H groups in total. The number of benzene rings is 1. The van der Waals surface area contributed by atoms with E-state index in [0.29, 0.717) is 5.89 Å². The fourth-order valence-corrected chi connectivity index (χ4v) is 3.13. The number of oxazole rings is 1. The van der Waals surface area contributed by atoms with E-state index < -0.39 is 0 Å². The zero-order chi connectivity index (χ0) is 17.1. The van der Waals surface area contributed by atoms with Crippen LogP contribution in [0.25, 0.3) is 11.5 Å². The third-order valence-electron chi connectivity index (χ3n) is 4.47. The van der Waals surface area contributed by atoms with E-state index in [1.165, 1.54) is 0 Å². The zero-order valence-electron chi connectivity index (χ0n) is 14.4. The first-order valence-electron chi connectivity index (χ1n) is 8.63. The van der Waals surface area contributed by atoms with Crippen LogP contribution < -0.4 is 0 Å². The average Bonchev–Trinajstić information content (AvgIpc) is 3.27. The average molecular weight is 338 g/mol. The van der Waals surface area contributed by atoms with Crippen LogP contribution in [0.15, 0.2) is 51.5 Å². The second-order valence-corrected chi connectivity index (χ2v) is 6.48. The molecule has 3 aromatic rings. The maximum absolute atomic E-state index is 5.91. The molecule has 0 amide bonds. The van der Waals surface area contributed by atoms with E-state index in [2.05, 4.69) is 19.9 Å². The molecule has 0 spiro atoms. The number of aryl methyl sites for hydroxylation is 1. The maximum Gasteiger partial charge on any atom is 0.226 e. The van der Waals surface area contributed by atoms with Crippen LogP contribution in [-0.4, -0.2) is 46.1 Å². The Hall–Kier alpha value is -2.44.